The van der Waals surface area contributed by atoms with Gasteiger partial charge in [-0.1, -0.05) is 26.0 Å². The van der Waals surface area contributed by atoms with Crippen molar-refractivity contribution < 1.29 is 0 Å². The van der Waals surface area contributed by atoms with Crippen LogP contribution in [0.3, 0.4) is 0 Å². The van der Waals surface area contributed by atoms with Gasteiger partial charge in [-0.15, -0.1) is 0 Å². The van der Waals surface area contributed by atoms with Crippen molar-refractivity contribution in [2.45, 2.75) is 58.0 Å². The standard InChI is InChI=1S/C11H21N/c1-3-10(4-2)12-11-8-6-5-7-9-11/h5-6,10-12H,3-4,7-9H2,1-2H3. The third-order valence-electron chi connectivity index (χ3n) is 2.73. The molecule has 0 spiro atoms. The monoisotopic (exact) mass is 167 g/mol. The molecular weight excluding hydrogens is 146 g/mol. The van der Waals surface area contributed by atoms with Gasteiger partial charge in [0.15, 0.2) is 0 Å². The quantitative estimate of drug-likeness (QED) is 0.635. The van der Waals surface area contributed by atoms with Crippen LogP contribution in [0.4, 0.5) is 0 Å². The van der Waals surface area contributed by atoms with Crippen LogP contribution >= 0.6 is 0 Å². The Kier molecular flexibility index (Phi) is 4.37. The Hall–Kier alpha value is -0.300. The van der Waals surface area contributed by atoms with Crippen molar-refractivity contribution in [1.82, 2.24) is 5.32 Å². The van der Waals surface area contributed by atoms with Gasteiger partial charge in [-0.25, -0.2) is 0 Å². The number of nitrogens with one attached hydrogen (secondary N) is 1. The van der Waals surface area contributed by atoms with Crippen LogP contribution < -0.4 is 5.32 Å². The summed E-state index contributed by atoms with van der Waals surface area (Å²) in [4.78, 5) is 0. The molecule has 70 valence electrons. The maximum absolute atomic E-state index is 3.70. The van der Waals surface area contributed by atoms with Crippen LogP contribution in [0, 0.1) is 0 Å². The van der Waals surface area contributed by atoms with Crippen molar-refractivity contribution in [3.63, 3.8) is 0 Å². The molecule has 0 saturated heterocycles. The summed E-state index contributed by atoms with van der Waals surface area (Å²) in [5, 5.41) is 3.70. The van der Waals surface area contributed by atoms with Crippen molar-refractivity contribution in [2.75, 3.05) is 0 Å². The Balaban J connectivity index is 2.24. The van der Waals surface area contributed by atoms with Crippen LogP contribution in [0.15, 0.2) is 12.2 Å². The fourth-order valence-electron chi connectivity index (χ4n) is 1.80. The van der Waals surface area contributed by atoms with Crippen LogP contribution in [0.1, 0.15) is 46.0 Å². The fourth-order valence-corrected chi connectivity index (χ4v) is 1.80. The predicted octanol–water partition coefficient (Wildman–Crippen LogP) is 2.87. The van der Waals surface area contributed by atoms with Gasteiger partial charge in [-0.2, -0.15) is 0 Å². The van der Waals surface area contributed by atoms with E-state index in [0.29, 0.717) is 0 Å². The highest BCUT2D eigenvalue weighted by atomic mass is 14.9. The summed E-state index contributed by atoms with van der Waals surface area (Å²) in [6, 6.07) is 1.49. The number of rotatable bonds is 4. The third-order valence-corrected chi connectivity index (χ3v) is 2.73. The molecule has 1 nitrogen and oxygen atoms in total. The lowest BCUT2D eigenvalue weighted by Gasteiger charge is -2.24. The van der Waals surface area contributed by atoms with E-state index in [1.807, 2.05) is 0 Å². The summed E-state index contributed by atoms with van der Waals surface area (Å²) >= 11 is 0. The molecule has 1 rings (SSSR count). The molecule has 1 aliphatic carbocycles. The van der Waals surface area contributed by atoms with E-state index in [9.17, 15) is 0 Å². The topological polar surface area (TPSA) is 12.0 Å². The molecular formula is C11H21N. The van der Waals surface area contributed by atoms with Gasteiger partial charge in [-0.05, 0) is 32.1 Å². The predicted molar refractivity (Wildman–Crippen MR) is 54.3 cm³/mol. The van der Waals surface area contributed by atoms with Gasteiger partial charge in [0.25, 0.3) is 0 Å². The molecule has 0 fully saturated rings. The summed E-state index contributed by atoms with van der Waals surface area (Å²) < 4.78 is 0. The van der Waals surface area contributed by atoms with E-state index < -0.39 is 0 Å². The van der Waals surface area contributed by atoms with Gasteiger partial charge in [-0.3, -0.25) is 0 Å². The molecule has 1 N–H and O–H groups in total. The Morgan fingerprint density at radius 3 is 2.58 bits per heavy atom. The van der Waals surface area contributed by atoms with Crippen molar-refractivity contribution in [3.8, 4) is 0 Å². The van der Waals surface area contributed by atoms with Gasteiger partial charge in [0.1, 0.15) is 0 Å². The average molecular weight is 167 g/mol. The molecule has 12 heavy (non-hydrogen) atoms. The fraction of sp³-hybridized carbons (Fsp3) is 0.818. The smallest absolute Gasteiger partial charge is 0.0107 e. The lowest BCUT2D eigenvalue weighted by atomic mass is 10.00. The molecule has 0 radical (unpaired) electrons. The second-order valence-electron chi connectivity index (χ2n) is 3.66. The van der Waals surface area contributed by atoms with Crippen LogP contribution in [0.25, 0.3) is 0 Å². The van der Waals surface area contributed by atoms with E-state index in [2.05, 4.69) is 31.3 Å². The molecule has 0 saturated carbocycles. The average Bonchev–Trinajstić information content (AvgIpc) is 2.16. The van der Waals surface area contributed by atoms with Gasteiger partial charge in [0.2, 0.25) is 0 Å². The first-order valence-electron chi connectivity index (χ1n) is 5.27. The van der Waals surface area contributed by atoms with Crippen LogP contribution in [0.2, 0.25) is 0 Å². The lowest BCUT2D eigenvalue weighted by molar-refractivity contribution is 0.387. The van der Waals surface area contributed by atoms with Crippen LogP contribution in [-0.4, -0.2) is 12.1 Å². The second-order valence-corrected chi connectivity index (χ2v) is 3.66. The zero-order valence-electron chi connectivity index (χ0n) is 8.34. The molecule has 0 aliphatic heterocycles. The van der Waals surface area contributed by atoms with Crippen molar-refractivity contribution in [2.24, 2.45) is 0 Å². The lowest BCUT2D eigenvalue weighted by Crippen LogP contribution is -2.37. The van der Waals surface area contributed by atoms with Gasteiger partial charge >= 0.3 is 0 Å². The minimum absolute atomic E-state index is 0.738. The molecule has 0 aromatic rings. The first-order chi connectivity index (χ1) is 5.86. The van der Waals surface area contributed by atoms with Gasteiger partial charge in [0, 0.05) is 12.1 Å². The Morgan fingerprint density at radius 2 is 2.08 bits per heavy atom. The van der Waals surface area contributed by atoms with E-state index in [-0.39, 0.29) is 0 Å². The second kappa shape index (κ2) is 5.36. The highest BCUT2D eigenvalue weighted by molar-refractivity contribution is 4.93. The van der Waals surface area contributed by atoms with E-state index in [1.165, 1.54) is 32.1 Å². The zero-order chi connectivity index (χ0) is 8.81. The number of hydrogen-bond donors (Lipinski definition) is 1. The van der Waals surface area contributed by atoms with E-state index >= 15 is 0 Å². The largest absolute Gasteiger partial charge is 0.311 e. The summed E-state index contributed by atoms with van der Waals surface area (Å²) in [5.74, 6) is 0. The number of hydrogen-bond acceptors (Lipinski definition) is 1. The van der Waals surface area contributed by atoms with Crippen molar-refractivity contribution in [3.05, 3.63) is 12.2 Å². The summed E-state index contributed by atoms with van der Waals surface area (Å²) in [5.41, 5.74) is 0. The summed E-state index contributed by atoms with van der Waals surface area (Å²) in [6.07, 6.45) is 10.9. The molecule has 0 amide bonds. The SMILES string of the molecule is CCC(CC)NC1CC=CCC1. The normalized spacial score (nSPS) is 23.4. The molecule has 0 aromatic heterocycles. The Bertz CT molecular complexity index is 136. The number of allylic oxidation sites excluding steroid dienone is 1. The maximum Gasteiger partial charge on any atom is 0.0107 e. The van der Waals surface area contributed by atoms with Crippen molar-refractivity contribution in [1.29, 1.82) is 0 Å². The van der Waals surface area contributed by atoms with E-state index in [0.717, 1.165) is 12.1 Å². The summed E-state index contributed by atoms with van der Waals surface area (Å²) in [6.45, 7) is 4.53. The maximum atomic E-state index is 3.70. The summed E-state index contributed by atoms with van der Waals surface area (Å²) in [7, 11) is 0. The molecule has 1 atom stereocenters. The van der Waals surface area contributed by atoms with E-state index in [1.54, 1.807) is 0 Å². The Morgan fingerprint density at radius 1 is 1.33 bits per heavy atom. The van der Waals surface area contributed by atoms with Gasteiger partial charge < -0.3 is 5.32 Å². The minimum atomic E-state index is 0.738. The third kappa shape index (κ3) is 2.98. The highest BCUT2D eigenvalue weighted by Crippen LogP contribution is 2.12. The molecule has 1 heteroatoms. The molecule has 0 heterocycles. The molecule has 0 aromatic carbocycles. The zero-order valence-corrected chi connectivity index (χ0v) is 8.34. The molecule has 1 aliphatic rings. The highest BCUT2D eigenvalue weighted by Gasteiger charge is 2.12. The van der Waals surface area contributed by atoms with E-state index in [4.69, 9.17) is 0 Å². The molecule has 0 bridgehead atoms. The Labute approximate surface area is 76.2 Å². The van der Waals surface area contributed by atoms with Crippen LogP contribution in [-0.2, 0) is 0 Å². The van der Waals surface area contributed by atoms with Crippen molar-refractivity contribution >= 4 is 0 Å². The first-order valence-corrected chi connectivity index (χ1v) is 5.27. The molecule has 1 unspecified atom stereocenters. The van der Waals surface area contributed by atoms with Gasteiger partial charge in [0.05, 0.1) is 0 Å². The first kappa shape index (κ1) is 9.79. The minimum Gasteiger partial charge on any atom is -0.311 e. The van der Waals surface area contributed by atoms with Crippen LogP contribution in [0.5, 0.6) is 0 Å².